The average Bonchev–Trinajstić information content (AvgIpc) is 2.62. The third-order valence-corrected chi connectivity index (χ3v) is 5.75. The third-order valence-electron chi connectivity index (χ3n) is 4.88. The molecule has 1 unspecified atom stereocenters. The SMILES string of the molecule is CC1=C(C)[C](C)([Cr+2])C(Cc2ccc3ccccc3n2)=C1C.[Cl-].[Cl-]. The maximum atomic E-state index is 4.82. The molecule has 1 aromatic heterocycles. The number of pyridine rings is 1. The molecule has 121 valence electrons. The Morgan fingerprint density at radius 3 is 2.22 bits per heavy atom. The first-order valence-corrected chi connectivity index (χ1v) is 7.98. The van der Waals surface area contributed by atoms with Gasteiger partial charge in [-0.1, -0.05) is 0 Å². The molecular formula is C19H20Cl2CrN. The van der Waals surface area contributed by atoms with Crippen molar-refractivity contribution in [2.75, 3.05) is 0 Å². The fraction of sp³-hybridized carbons (Fsp3) is 0.316. The van der Waals surface area contributed by atoms with Gasteiger partial charge in [-0.05, 0) is 0 Å². The monoisotopic (exact) mass is 384 g/mol. The van der Waals surface area contributed by atoms with E-state index in [1.54, 1.807) is 0 Å². The minimum atomic E-state index is 0. The number of nitrogens with zero attached hydrogens (tertiary/aromatic N) is 1. The van der Waals surface area contributed by atoms with Gasteiger partial charge < -0.3 is 24.8 Å². The van der Waals surface area contributed by atoms with Crippen LogP contribution in [-0.4, -0.2) is 4.98 Å². The minimum Gasteiger partial charge on any atom is -1.00 e. The molecule has 0 amide bonds. The van der Waals surface area contributed by atoms with Gasteiger partial charge in [0.2, 0.25) is 0 Å². The molecule has 0 N–H and O–H groups in total. The van der Waals surface area contributed by atoms with Crippen molar-refractivity contribution >= 4 is 10.9 Å². The van der Waals surface area contributed by atoms with E-state index in [9.17, 15) is 0 Å². The number of benzene rings is 1. The predicted molar refractivity (Wildman–Crippen MR) is 84.9 cm³/mol. The number of fused-ring (bicyclic) bond motifs is 1. The van der Waals surface area contributed by atoms with E-state index in [-0.39, 0.29) is 29.1 Å². The Hall–Kier alpha value is -0.778. The van der Waals surface area contributed by atoms with Gasteiger partial charge in [0.25, 0.3) is 0 Å². The zero-order valence-electron chi connectivity index (χ0n) is 13.8. The van der Waals surface area contributed by atoms with Crippen LogP contribution in [0.3, 0.4) is 0 Å². The molecule has 1 heterocycles. The predicted octanol–water partition coefficient (Wildman–Crippen LogP) is -0.823. The second-order valence-corrected chi connectivity index (χ2v) is 7.33. The molecule has 4 heteroatoms. The first kappa shape index (κ1) is 20.3. The quantitative estimate of drug-likeness (QED) is 0.659. The molecule has 0 spiro atoms. The van der Waals surface area contributed by atoms with Gasteiger partial charge in [-0.15, -0.1) is 0 Å². The molecule has 0 fully saturated rings. The van der Waals surface area contributed by atoms with E-state index >= 15 is 0 Å². The van der Waals surface area contributed by atoms with Crippen LogP contribution < -0.4 is 24.8 Å². The van der Waals surface area contributed by atoms with Crippen molar-refractivity contribution in [2.45, 2.75) is 38.4 Å². The van der Waals surface area contributed by atoms with Crippen LogP contribution in [0.4, 0.5) is 0 Å². The van der Waals surface area contributed by atoms with Crippen molar-refractivity contribution in [3.8, 4) is 0 Å². The smallest absolute Gasteiger partial charge is 1.00 e. The Labute approximate surface area is 159 Å². The van der Waals surface area contributed by atoms with Gasteiger partial charge in [-0.25, -0.2) is 0 Å². The molecule has 23 heavy (non-hydrogen) atoms. The fourth-order valence-corrected chi connectivity index (χ4v) is 3.73. The summed E-state index contributed by atoms with van der Waals surface area (Å²) in [5, 5.41) is 1.20. The first-order valence-electron chi connectivity index (χ1n) is 7.35. The maximum Gasteiger partial charge on any atom is -1.00 e. The van der Waals surface area contributed by atoms with Crippen molar-refractivity contribution in [3.05, 3.63) is 64.4 Å². The fourth-order valence-electron chi connectivity index (χ4n) is 3.14. The van der Waals surface area contributed by atoms with Crippen LogP contribution in [-0.2, 0) is 22.7 Å². The Bertz CT molecular complexity index is 791. The van der Waals surface area contributed by atoms with Gasteiger partial charge in [0.1, 0.15) is 0 Å². The summed E-state index contributed by atoms with van der Waals surface area (Å²) >= 11 is 3.39. The molecule has 0 saturated carbocycles. The minimum absolute atomic E-state index is 0. The molecule has 0 saturated heterocycles. The number of allylic oxidation sites excluding steroid dienone is 4. The van der Waals surface area contributed by atoms with E-state index < -0.39 is 0 Å². The van der Waals surface area contributed by atoms with Crippen LogP contribution in [0.5, 0.6) is 0 Å². The molecule has 1 aliphatic carbocycles. The number of halogens is 2. The summed E-state index contributed by atoms with van der Waals surface area (Å²) in [5.74, 6) is 0. The summed E-state index contributed by atoms with van der Waals surface area (Å²) in [6.45, 7) is 8.97. The van der Waals surface area contributed by atoms with E-state index in [2.05, 4.69) is 74.3 Å². The summed E-state index contributed by atoms with van der Waals surface area (Å²) in [6, 6.07) is 12.6. The van der Waals surface area contributed by atoms with Gasteiger partial charge in [0, 0.05) is 0 Å². The van der Waals surface area contributed by atoms with Crippen molar-refractivity contribution in [1.82, 2.24) is 4.98 Å². The van der Waals surface area contributed by atoms with E-state index in [4.69, 9.17) is 4.98 Å². The molecule has 1 nitrogen and oxygen atoms in total. The average molecular weight is 385 g/mol. The Morgan fingerprint density at radius 2 is 1.61 bits per heavy atom. The largest absolute Gasteiger partial charge is 1.00 e. The normalized spacial score (nSPS) is 20.5. The first-order chi connectivity index (χ1) is 9.91. The number of para-hydroxylation sites is 1. The van der Waals surface area contributed by atoms with Crippen molar-refractivity contribution in [2.24, 2.45) is 0 Å². The topological polar surface area (TPSA) is 12.9 Å². The molecule has 1 atom stereocenters. The van der Waals surface area contributed by atoms with Crippen LogP contribution >= 0.6 is 0 Å². The molecule has 3 rings (SSSR count). The summed E-state index contributed by atoms with van der Waals surface area (Å²) in [5.41, 5.74) is 7.97. The molecule has 0 radical (unpaired) electrons. The van der Waals surface area contributed by atoms with E-state index in [0.29, 0.717) is 0 Å². The van der Waals surface area contributed by atoms with E-state index in [0.717, 1.165) is 17.6 Å². The van der Waals surface area contributed by atoms with Crippen LogP contribution in [0.25, 0.3) is 10.9 Å². The number of aromatic nitrogens is 1. The van der Waals surface area contributed by atoms with Crippen LogP contribution in [0.2, 0.25) is 4.28 Å². The number of rotatable bonds is 2. The second kappa shape index (κ2) is 7.41. The van der Waals surface area contributed by atoms with E-state index in [1.807, 2.05) is 6.07 Å². The van der Waals surface area contributed by atoms with Crippen LogP contribution in [0, 0.1) is 0 Å². The van der Waals surface area contributed by atoms with Gasteiger partial charge >= 0.3 is 135 Å². The molecule has 1 aliphatic rings. The number of hydrogen-bond acceptors (Lipinski definition) is 1. The Morgan fingerprint density at radius 1 is 0.957 bits per heavy atom. The van der Waals surface area contributed by atoms with Crippen molar-refractivity contribution in [3.63, 3.8) is 0 Å². The van der Waals surface area contributed by atoms with Crippen molar-refractivity contribution < 1.29 is 41.1 Å². The van der Waals surface area contributed by atoms with Crippen molar-refractivity contribution in [1.29, 1.82) is 0 Å². The summed E-state index contributed by atoms with van der Waals surface area (Å²) in [4.78, 5) is 4.82. The summed E-state index contributed by atoms with van der Waals surface area (Å²) < 4.78 is 0.0293. The van der Waals surface area contributed by atoms with Gasteiger partial charge in [-0.2, -0.15) is 0 Å². The zero-order chi connectivity index (χ0) is 15.2. The molecule has 0 bridgehead atoms. The second-order valence-electron chi connectivity index (χ2n) is 6.06. The molecule has 2 aromatic rings. The Kier molecular flexibility index (Phi) is 6.53. The van der Waals surface area contributed by atoms with Crippen LogP contribution in [0.15, 0.2) is 58.7 Å². The summed E-state index contributed by atoms with van der Waals surface area (Å²) in [6.07, 6.45) is 0.912. The van der Waals surface area contributed by atoms with Gasteiger partial charge in [-0.3, -0.25) is 0 Å². The Balaban J connectivity index is 0.00000132. The number of hydrogen-bond donors (Lipinski definition) is 0. The standard InChI is InChI=1S/C19H20N.2ClH.Cr/c1-12-13(2)15(4)18(14(12)3)11-17-10-9-16-7-5-6-8-19(16)20-17;;;/h5-10H,11H2,1-4H3;2*1H;/q;;;+2/p-2. The third kappa shape index (κ3) is 3.52. The zero-order valence-corrected chi connectivity index (χ0v) is 16.6. The van der Waals surface area contributed by atoms with E-state index in [1.165, 1.54) is 27.7 Å². The van der Waals surface area contributed by atoms with Crippen LogP contribution in [0.1, 0.15) is 33.4 Å². The maximum absolute atomic E-state index is 4.82. The molecule has 1 aromatic carbocycles. The molecule has 0 aliphatic heterocycles. The summed E-state index contributed by atoms with van der Waals surface area (Å²) in [7, 11) is 0. The van der Waals surface area contributed by atoms with Gasteiger partial charge in [0.15, 0.2) is 0 Å². The molecular weight excluding hydrogens is 365 g/mol. The van der Waals surface area contributed by atoms with Gasteiger partial charge in [0.05, 0.1) is 0 Å².